The van der Waals surface area contributed by atoms with Crippen LogP contribution in [0.3, 0.4) is 0 Å². The minimum absolute atomic E-state index is 0.184. The van der Waals surface area contributed by atoms with Crippen LogP contribution < -0.4 is 5.32 Å². The number of nitrogens with zero attached hydrogens (tertiary/aromatic N) is 1. The lowest BCUT2D eigenvalue weighted by Crippen LogP contribution is -2.12. The van der Waals surface area contributed by atoms with Crippen LogP contribution in [-0.2, 0) is 4.84 Å². The molecule has 0 heterocycles. The molecule has 0 bridgehead atoms. The van der Waals surface area contributed by atoms with Crippen molar-refractivity contribution >= 4 is 17.8 Å². The molecule has 0 radical (unpaired) electrons. The molecule has 1 N–H and O–H groups in total. The zero-order chi connectivity index (χ0) is 15.2. The average molecular weight is 290 g/mol. The van der Waals surface area contributed by atoms with Crippen LogP contribution in [0.25, 0.3) is 0 Å². The summed E-state index contributed by atoms with van der Waals surface area (Å²) in [5.74, 6) is -2.40. The van der Waals surface area contributed by atoms with Crippen molar-refractivity contribution in [1.29, 1.82) is 0 Å². The van der Waals surface area contributed by atoms with Crippen molar-refractivity contribution in [3.63, 3.8) is 0 Å². The highest BCUT2D eigenvalue weighted by molar-refractivity contribution is 6.04. The molecule has 1 amide bonds. The van der Waals surface area contributed by atoms with Gasteiger partial charge in [0, 0.05) is 17.3 Å². The van der Waals surface area contributed by atoms with Gasteiger partial charge in [-0.05, 0) is 29.8 Å². The van der Waals surface area contributed by atoms with Crippen molar-refractivity contribution in [2.45, 2.75) is 0 Å². The Balaban J connectivity index is 2.09. The van der Waals surface area contributed by atoms with Gasteiger partial charge in [-0.2, -0.15) is 0 Å². The summed E-state index contributed by atoms with van der Waals surface area (Å²) in [6.07, 6.45) is 1.50. The van der Waals surface area contributed by atoms with Crippen LogP contribution in [0.5, 0.6) is 0 Å². The first-order valence-corrected chi connectivity index (χ1v) is 6.03. The van der Waals surface area contributed by atoms with Gasteiger partial charge in [0.15, 0.2) is 11.6 Å². The summed E-state index contributed by atoms with van der Waals surface area (Å²) in [4.78, 5) is 16.5. The second-order valence-corrected chi connectivity index (χ2v) is 4.12. The van der Waals surface area contributed by atoms with E-state index in [1.54, 1.807) is 24.3 Å². The van der Waals surface area contributed by atoms with Crippen molar-refractivity contribution < 1.29 is 18.4 Å². The summed E-state index contributed by atoms with van der Waals surface area (Å²) in [5.41, 5.74) is 1.33. The van der Waals surface area contributed by atoms with E-state index in [1.165, 1.54) is 19.4 Å². The van der Waals surface area contributed by atoms with E-state index in [0.717, 1.165) is 17.7 Å². The molecule has 0 saturated carbocycles. The third kappa shape index (κ3) is 3.85. The summed E-state index contributed by atoms with van der Waals surface area (Å²) in [5, 5.41) is 6.08. The van der Waals surface area contributed by atoms with Gasteiger partial charge in [-0.25, -0.2) is 8.78 Å². The van der Waals surface area contributed by atoms with Crippen LogP contribution in [0.15, 0.2) is 47.6 Å². The summed E-state index contributed by atoms with van der Waals surface area (Å²) in [7, 11) is 1.43. The summed E-state index contributed by atoms with van der Waals surface area (Å²) >= 11 is 0. The fraction of sp³-hybridized carbons (Fsp3) is 0.0667. The number of oxime groups is 1. The van der Waals surface area contributed by atoms with Crippen molar-refractivity contribution in [2.24, 2.45) is 5.16 Å². The summed E-state index contributed by atoms with van der Waals surface area (Å²) in [6.45, 7) is 0. The first kappa shape index (κ1) is 14.6. The topological polar surface area (TPSA) is 50.7 Å². The van der Waals surface area contributed by atoms with Crippen LogP contribution in [-0.4, -0.2) is 19.2 Å². The molecule has 0 spiro atoms. The highest BCUT2D eigenvalue weighted by atomic mass is 19.2. The lowest BCUT2D eigenvalue weighted by molar-refractivity contribution is 0.102. The molecular weight excluding hydrogens is 278 g/mol. The molecule has 2 aromatic carbocycles. The number of carbonyl (C=O) groups excluding carboxylic acids is 1. The Morgan fingerprint density at radius 3 is 2.48 bits per heavy atom. The number of nitrogens with one attached hydrogen (secondary N) is 1. The molecule has 0 aliphatic rings. The van der Waals surface area contributed by atoms with Crippen molar-refractivity contribution in [3.8, 4) is 0 Å². The maximum Gasteiger partial charge on any atom is 0.255 e. The van der Waals surface area contributed by atoms with Crippen LogP contribution >= 0.6 is 0 Å². The molecule has 0 unspecified atom stereocenters. The van der Waals surface area contributed by atoms with Gasteiger partial charge in [0.25, 0.3) is 5.91 Å². The molecule has 0 saturated heterocycles. The lowest BCUT2D eigenvalue weighted by Gasteiger charge is -2.06. The van der Waals surface area contributed by atoms with E-state index in [4.69, 9.17) is 0 Å². The number of anilines is 1. The first-order chi connectivity index (χ1) is 10.1. The Labute approximate surface area is 120 Å². The maximum absolute atomic E-state index is 13.1. The van der Waals surface area contributed by atoms with Gasteiger partial charge in [0.1, 0.15) is 7.11 Å². The van der Waals surface area contributed by atoms with Crippen LogP contribution in [0.1, 0.15) is 15.9 Å². The van der Waals surface area contributed by atoms with Gasteiger partial charge in [-0.15, -0.1) is 0 Å². The normalized spacial score (nSPS) is 10.6. The Morgan fingerprint density at radius 1 is 1.14 bits per heavy atom. The van der Waals surface area contributed by atoms with E-state index < -0.39 is 17.5 Å². The Hall–Kier alpha value is -2.76. The minimum Gasteiger partial charge on any atom is -0.399 e. The van der Waals surface area contributed by atoms with Crippen LogP contribution in [0.2, 0.25) is 0 Å². The van der Waals surface area contributed by atoms with Crippen LogP contribution in [0.4, 0.5) is 14.5 Å². The molecule has 0 atom stereocenters. The van der Waals surface area contributed by atoms with Crippen molar-refractivity contribution in [3.05, 3.63) is 65.2 Å². The molecule has 108 valence electrons. The fourth-order valence-corrected chi connectivity index (χ4v) is 1.61. The third-order valence-corrected chi connectivity index (χ3v) is 2.66. The van der Waals surface area contributed by atoms with Gasteiger partial charge in [-0.3, -0.25) is 4.79 Å². The number of benzene rings is 2. The number of halogens is 2. The number of amides is 1. The monoisotopic (exact) mass is 290 g/mol. The minimum atomic E-state index is -1.01. The number of carbonyl (C=O) groups is 1. The molecule has 0 aliphatic carbocycles. The molecule has 2 rings (SSSR count). The van der Waals surface area contributed by atoms with Gasteiger partial charge in [0.05, 0.1) is 6.21 Å². The van der Waals surface area contributed by atoms with Gasteiger partial charge >= 0.3 is 0 Å². The number of hydrogen-bond donors (Lipinski definition) is 1. The van der Waals surface area contributed by atoms with Crippen LogP contribution in [0, 0.1) is 11.6 Å². The largest absolute Gasteiger partial charge is 0.399 e. The van der Waals surface area contributed by atoms with E-state index in [-0.39, 0.29) is 5.69 Å². The quantitative estimate of drug-likeness (QED) is 0.694. The first-order valence-electron chi connectivity index (χ1n) is 6.03. The van der Waals surface area contributed by atoms with E-state index in [2.05, 4.69) is 15.3 Å². The highest BCUT2D eigenvalue weighted by Gasteiger charge is 2.08. The zero-order valence-electron chi connectivity index (χ0n) is 11.1. The average Bonchev–Trinajstić information content (AvgIpc) is 2.49. The highest BCUT2D eigenvalue weighted by Crippen LogP contribution is 2.14. The summed E-state index contributed by atoms with van der Waals surface area (Å²) in [6, 6.07) is 9.71. The van der Waals surface area contributed by atoms with E-state index >= 15 is 0 Å². The van der Waals surface area contributed by atoms with E-state index in [9.17, 15) is 13.6 Å². The molecule has 0 aliphatic heterocycles. The molecule has 21 heavy (non-hydrogen) atoms. The van der Waals surface area contributed by atoms with Crippen molar-refractivity contribution in [1.82, 2.24) is 0 Å². The smallest absolute Gasteiger partial charge is 0.255 e. The third-order valence-electron chi connectivity index (χ3n) is 2.66. The van der Waals surface area contributed by atoms with Crippen molar-refractivity contribution in [2.75, 3.05) is 12.4 Å². The molecule has 2 aromatic rings. The standard InChI is InChI=1S/C15H12F2N2O2/c1-21-18-9-10-2-4-11(5-3-10)15(20)19-12-6-7-13(16)14(17)8-12/h2-9H,1H3,(H,19,20)/b18-9+. The molecule has 6 heteroatoms. The predicted molar refractivity (Wildman–Crippen MR) is 75.4 cm³/mol. The Morgan fingerprint density at radius 2 is 1.86 bits per heavy atom. The molecular formula is C15H12F2N2O2. The zero-order valence-corrected chi connectivity index (χ0v) is 11.1. The second-order valence-electron chi connectivity index (χ2n) is 4.12. The molecule has 0 aromatic heterocycles. The second kappa shape index (κ2) is 6.60. The van der Waals surface area contributed by atoms with Gasteiger partial charge in [0.2, 0.25) is 0 Å². The number of hydrogen-bond acceptors (Lipinski definition) is 3. The predicted octanol–water partition coefficient (Wildman–Crippen LogP) is 3.20. The Kier molecular flexibility index (Phi) is 4.61. The lowest BCUT2D eigenvalue weighted by atomic mass is 10.1. The van der Waals surface area contributed by atoms with Gasteiger partial charge < -0.3 is 10.2 Å². The van der Waals surface area contributed by atoms with E-state index in [0.29, 0.717) is 5.56 Å². The Bertz CT molecular complexity index is 670. The van der Waals surface area contributed by atoms with Gasteiger partial charge in [-0.1, -0.05) is 17.3 Å². The number of rotatable bonds is 4. The maximum atomic E-state index is 13.1. The molecule has 4 nitrogen and oxygen atoms in total. The molecule has 0 fully saturated rings. The van der Waals surface area contributed by atoms with E-state index in [1.807, 2.05) is 0 Å². The SMILES string of the molecule is CO/N=C/c1ccc(C(=O)Nc2ccc(F)c(F)c2)cc1. The summed E-state index contributed by atoms with van der Waals surface area (Å²) < 4.78 is 25.8. The fourth-order valence-electron chi connectivity index (χ4n) is 1.61.